The first-order valence-electron chi connectivity index (χ1n) is 8.78. The van der Waals surface area contributed by atoms with Gasteiger partial charge >= 0.3 is 0 Å². The molecule has 3 rings (SSSR count). The Balaban J connectivity index is 1.84. The topological polar surface area (TPSA) is 80.1 Å². The van der Waals surface area contributed by atoms with Gasteiger partial charge in [0.2, 0.25) is 10.0 Å². The highest BCUT2D eigenvalue weighted by Crippen LogP contribution is 2.23. The molecule has 1 amide bonds. The third-order valence-corrected chi connectivity index (χ3v) is 6.60. The minimum Gasteiger partial charge on any atom is -0.464 e. The van der Waals surface area contributed by atoms with Crippen molar-refractivity contribution in [1.82, 2.24) is 9.21 Å². The number of sulfonamides is 1. The first-order valence-corrected chi connectivity index (χ1v) is 10.2. The van der Waals surface area contributed by atoms with Crippen LogP contribution in [0.2, 0.25) is 0 Å². The molecule has 1 fully saturated rings. The number of rotatable bonds is 5. The largest absolute Gasteiger partial charge is 0.464 e. The molecule has 2 heterocycles. The number of amides is 1. The highest BCUT2D eigenvalue weighted by atomic mass is 32.2. The number of nitrogens with zero attached hydrogens (tertiary/aromatic N) is 2. The number of aryl methyl sites for hydroxylation is 2. The van der Waals surface area contributed by atoms with Crippen molar-refractivity contribution in [3.05, 3.63) is 53.0 Å². The van der Waals surface area contributed by atoms with E-state index in [0.717, 1.165) is 5.76 Å². The minimum atomic E-state index is -3.67. The maximum Gasteiger partial charge on any atom is 0.254 e. The van der Waals surface area contributed by atoms with E-state index < -0.39 is 10.0 Å². The van der Waals surface area contributed by atoms with Gasteiger partial charge in [-0.3, -0.25) is 4.79 Å². The molecule has 0 N–H and O–H groups in total. The number of ether oxygens (including phenoxy) is 1. The van der Waals surface area contributed by atoms with E-state index in [1.54, 1.807) is 26.1 Å². The summed E-state index contributed by atoms with van der Waals surface area (Å²) in [5, 5.41) is 0. The van der Waals surface area contributed by atoms with Crippen LogP contribution in [0.5, 0.6) is 0 Å². The second-order valence-corrected chi connectivity index (χ2v) is 8.58. The summed E-state index contributed by atoms with van der Waals surface area (Å²) in [6.07, 6.45) is 0. The summed E-state index contributed by atoms with van der Waals surface area (Å²) >= 11 is 0. The summed E-state index contributed by atoms with van der Waals surface area (Å²) < 4.78 is 38.1. The van der Waals surface area contributed by atoms with Crippen LogP contribution < -0.4 is 0 Å². The van der Waals surface area contributed by atoms with E-state index in [1.165, 1.54) is 15.3 Å². The van der Waals surface area contributed by atoms with Crippen molar-refractivity contribution in [2.24, 2.45) is 0 Å². The molecule has 1 aliphatic rings. The molecule has 1 saturated heterocycles. The van der Waals surface area contributed by atoms with Crippen LogP contribution in [0, 0.1) is 13.8 Å². The lowest BCUT2D eigenvalue weighted by molar-refractivity contribution is 0.0729. The van der Waals surface area contributed by atoms with E-state index in [1.807, 2.05) is 19.1 Å². The van der Waals surface area contributed by atoms with Crippen LogP contribution in [0.3, 0.4) is 0 Å². The van der Waals surface area contributed by atoms with Gasteiger partial charge in [0.15, 0.2) is 0 Å². The third kappa shape index (κ3) is 4.23. The Hall–Kier alpha value is -2.16. The second kappa shape index (κ2) is 7.84. The first kappa shape index (κ1) is 19.6. The van der Waals surface area contributed by atoms with Gasteiger partial charge in [0, 0.05) is 25.7 Å². The predicted molar refractivity (Wildman–Crippen MR) is 100.0 cm³/mol. The first-order chi connectivity index (χ1) is 12.8. The average molecular weight is 392 g/mol. The molecule has 1 aromatic heterocycles. The van der Waals surface area contributed by atoms with Gasteiger partial charge in [-0.1, -0.05) is 6.07 Å². The molecule has 0 aliphatic carbocycles. The number of benzene rings is 1. The highest BCUT2D eigenvalue weighted by molar-refractivity contribution is 7.89. The van der Waals surface area contributed by atoms with Crippen LogP contribution in [0.4, 0.5) is 0 Å². The summed E-state index contributed by atoms with van der Waals surface area (Å²) in [5.41, 5.74) is 0.945. The average Bonchev–Trinajstić information content (AvgIpc) is 3.06. The van der Waals surface area contributed by atoms with Gasteiger partial charge in [0.1, 0.15) is 11.5 Å². The fraction of sp³-hybridized carbons (Fsp3) is 0.421. The summed E-state index contributed by atoms with van der Waals surface area (Å²) in [7, 11) is -2.00. The second-order valence-electron chi connectivity index (χ2n) is 6.67. The molecule has 0 radical (unpaired) electrons. The van der Waals surface area contributed by atoms with Crippen LogP contribution in [-0.2, 0) is 21.3 Å². The molecule has 0 unspecified atom stereocenters. The summed E-state index contributed by atoms with van der Waals surface area (Å²) in [5.74, 6) is 1.19. The Labute approximate surface area is 159 Å². The van der Waals surface area contributed by atoms with Gasteiger partial charge in [-0.15, -0.1) is 0 Å². The fourth-order valence-electron chi connectivity index (χ4n) is 3.03. The van der Waals surface area contributed by atoms with Gasteiger partial charge in [-0.25, -0.2) is 8.42 Å². The van der Waals surface area contributed by atoms with Crippen molar-refractivity contribution < 1.29 is 22.4 Å². The monoisotopic (exact) mass is 392 g/mol. The molecule has 7 nitrogen and oxygen atoms in total. The van der Waals surface area contributed by atoms with Crippen LogP contribution in [0.15, 0.2) is 39.6 Å². The fourth-order valence-corrected chi connectivity index (χ4v) is 4.69. The van der Waals surface area contributed by atoms with Crippen molar-refractivity contribution in [2.75, 3.05) is 33.4 Å². The van der Waals surface area contributed by atoms with E-state index >= 15 is 0 Å². The van der Waals surface area contributed by atoms with Crippen molar-refractivity contribution in [2.45, 2.75) is 25.3 Å². The van der Waals surface area contributed by atoms with Gasteiger partial charge in [-0.05, 0) is 43.7 Å². The van der Waals surface area contributed by atoms with Gasteiger partial charge in [0.05, 0.1) is 24.7 Å². The zero-order valence-electron chi connectivity index (χ0n) is 15.8. The van der Waals surface area contributed by atoms with Crippen LogP contribution in [0.25, 0.3) is 0 Å². The van der Waals surface area contributed by atoms with Crippen molar-refractivity contribution in [1.29, 1.82) is 0 Å². The molecule has 8 heteroatoms. The van der Waals surface area contributed by atoms with Crippen LogP contribution in [-0.4, -0.2) is 56.9 Å². The molecule has 27 heavy (non-hydrogen) atoms. The lowest BCUT2D eigenvalue weighted by Crippen LogP contribution is -2.41. The molecule has 1 aliphatic heterocycles. The molecule has 0 spiro atoms. The van der Waals surface area contributed by atoms with Gasteiger partial charge in [0.25, 0.3) is 5.91 Å². The zero-order chi connectivity index (χ0) is 19.6. The van der Waals surface area contributed by atoms with Crippen LogP contribution in [0.1, 0.15) is 27.4 Å². The standard InChI is InChI=1S/C19H24N2O5S/c1-14-4-6-16(19(22)20(3)13-17-7-5-15(2)26-17)12-18(14)27(23,24)21-8-10-25-11-9-21/h4-7,12H,8-11,13H2,1-3H3. The van der Waals surface area contributed by atoms with Crippen LogP contribution >= 0.6 is 0 Å². The van der Waals surface area contributed by atoms with Crippen molar-refractivity contribution in [3.63, 3.8) is 0 Å². The van der Waals surface area contributed by atoms with Gasteiger partial charge < -0.3 is 14.1 Å². The molecule has 0 bridgehead atoms. The quantitative estimate of drug-likeness (QED) is 0.779. The number of carbonyl (C=O) groups excluding carboxylic acids is 1. The summed E-state index contributed by atoms with van der Waals surface area (Å²) in [4.78, 5) is 14.5. The number of hydrogen-bond acceptors (Lipinski definition) is 5. The van der Waals surface area contributed by atoms with E-state index in [9.17, 15) is 13.2 Å². The number of hydrogen-bond donors (Lipinski definition) is 0. The zero-order valence-corrected chi connectivity index (χ0v) is 16.6. The lowest BCUT2D eigenvalue weighted by Gasteiger charge is -2.27. The van der Waals surface area contributed by atoms with Gasteiger partial charge in [-0.2, -0.15) is 4.31 Å². The molecule has 0 atom stereocenters. The van der Waals surface area contributed by atoms with Crippen molar-refractivity contribution >= 4 is 15.9 Å². The minimum absolute atomic E-state index is 0.164. The SMILES string of the molecule is Cc1ccc(CN(C)C(=O)c2ccc(C)c(S(=O)(=O)N3CCOCC3)c2)o1. The Kier molecular flexibility index (Phi) is 5.69. The normalized spacial score (nSPS) is 15.7. The molecular weight excluding hydrogens is 368 g/mol. The molecule has 0 saturated carbocycles. The molecule has 146 valence electrons. The number of carbonyl (C=O) groups is 1. The maximum atomic E-state index is 13.0. The Morgan fingerprint density at radius 1 is 1.15 bits per heavy atom. The Bertz CT molecular complexity index is 929. The summed E-state index contributed by atoms with van der Waals surface area (Å²) in [6.45, 7) is 5.27. The molecule has 1 aromatic carbocycles. The highest BCUT2D eigenvalue weighted by Gasteiger charge is 2.28. The van der Waals surface area contributed by atoms with E-state index in [0.29, 0.717) is 49.7 Å². The van der Waals surface area contributed by atoms with E-state index in [-0.39, 0.29) is 10.8 Å². The van der Waals surface area contributed by atoms with E-state index in [2.05, 4.69) is 0 Å². The lowest BCUT2D eigenvalue weighted by atomic mass is 10.1. The molecular formula is C19H24N2O5S. The molecule has 2 aromatic rings. The van der Waals surface area contributed by atoms with Crippen molar-refractivity contribution in [3.8, 4) is 0 Å². The van der Waals surface area contributed by atoms with E-state index in [4.69, 9.17) is 9.15 Å². The maximum absolute atomic E-state index is 13.0. The summed E-state index contributed by atoms with van der Waals surface area (Å²) in [6, 6.07) is 8.45. The Morgan fingerprint density at radius 2 is 1.85 bits per heavy atom. The number of furan rings is 1. The number of morpholine rings is 1. The smallest absolute Gasteiger partial charge is 0.254 e. The predicted octanol–water partition coefficient (Wildman–Crippen LogP) is 2.19. The third-order valence-electron chi connectivity index (χ3n) is 4.56. The Morgan fingerprint density at radius 3 is 2.48 bits per heavy atom.